The van der Waals surface area contributed by atoms with E-state index in [1.54, 1.807) is 14.1 Å². The summed E-state index contributed by atoms with van der Waals surface area (Å²) in [4.78, 5) is 17.7. The van der Waals surface area contributed by atoms with Gasteiger partial charge in [-0.25, -0.2) is 37.3 Å². The first-order chi connectivity index (χ1) is 14.1. The van der Waals surface area contributed by atoms with Crippen LogP contribution in [0.2, 0.25) is 0 Å². The second kappa shape index (κ2) is 24.3. The summed E-state index contributed by atoms with van der Waals surface area (Å²) in [6.45, 7) is 3.28. The smallest absolute Gasteiger partial charge is 0.351 e. The SMILES string of the molecule is CN(C)C=O.CSCCN(CCSC)Cc1ccccn1.[O-][Cl+3]([O-])([O-])[O-].[O-][Cl+3]([O-])([O-])[O-].[Zn+2]. The molecule has 1 heterocycles. The van der Waals surface area contributed by atoms with E-state index in [4.69, 9.17) is 37.3 Å². The van der Waals surface area contributed by atoms with Gasteiger partial charge in [-0.1, -0.05) is 6.07 Å². The molecule has 0 aliphatic rings. The number of nitrogens with zero attached hydrogens (tertiary/aromatic N) is 3. The van der Waals surface area contributed by atoms with E-state index in [0.717, 1.165) is 26.0 Å². The Balaban J connectivity index is -0.000000202. The number of hydrogen-bond donors (Lipinski definition) is 0. The van der Waals surface area contributed by atoms with Crippen LogP contribution in [0, 0.1) is 20.5 Å². The van der Waals surface area contributed by atoms with Gasteiger partial charge >= 0.3 is 19.5 Å². The average molecular weight is 594 g/mol. The number of amides is 1. The predicted octanol–water partition coefficient (Wildman–Crippen LogP) is -7.20. The molecule has 0 atom stereocenters. The van der Waals surface area contributed by atoms with Crippen molar-refractivity contribution in [3.63, 3.8) is 0 Å². The van der Waals surface area contributed by atoms with Gasteiger partial charge < -0.3 is 4.90 Å². The number of pyridine rings is 1. The topological polar surface area (TPSA) is 221 Å². The Bertz CT molecular complexity index is 499. The van der Waals surface area contributed by atoms with Crippen LogP contribution in [0.4, 0.5) is 0 Å². The van der Waals surface area contributed by atoms with Gasteiger partial charge in [-0.15, -0.1) is 20.5 Å². The minimum Gasteiger partial charge on any atom is -0.351 e. The third-order valence-electron chi connectivity index (χ3n) is 2.55. The van der Waals surface area contributed by atoms with Crippen LogP contribution in [0.5, 0.6) is 0 Å². The molecule has 0 bridgehead atoms. The number of thioether (sulfide) groups is 2. The van der Waals surface area contributed by atoms with Gasteiger partial charge in [0.05, 0.1) is 5.69 Å². The molecule has 1 rings (SSSR count). The molecule has 12 nitrogen and oxygen atoms in total. The van der Waals surface area contributed by atoms with Crippen LogP contribution in [0.25, 0.3) is 0 Å². The fourth-order valence-corrected chi connectivity index (χ4v) is 2.31. The Morgan fingerprint density at radius 2 is 1.28 bits per heavy atom. The van der Waals surface area contributed by atoms with Gasteiger partial charge in [-0.3, -0.25) is 14.7 Å². The maximum atomic E-state index is 9.43. The van der Waals surface area contributed by atoms with E-state index < -0.39 is 20.5 Å². The molecule has 0 spiro atoms. The summed E-state index contributed by atoms with van der Waals surface area (Å²) in [5.41, 5.74) is 1.17. The summed E-state index contributed by atoms with van der Waals surface area (Å²) < 4.78 is 67.9. The number of hydrogen-bond acceptors (Lipinski definition) is 13. The molecule has 1 amide bonds. The summed E-state index contributed by atoms with van der Waals surface area (Å²) in [5.74, 6) is 2.39. The van der Waals surface area contributed by atoms with Crippen LogP contribution in [-0.2, 0) is 30.8 Å². The number of rotatable bonds is 9. The van der Waals surface area contributed by atoms with Gasteiger partial charge in [0, 0.05) is 51.4 Å². The van der Waals surface area contributed by atoms with E-state index >= 15 is 0 Å². The molecule has 1 aromatic heterocycles. The molecule has 0 aliphatic carbocycles. The van der Waals surface area contributed by atoms with Crippen LogP contribution in [-0.4, -0.2) is 72.4 Å². The molecule has 32 heavy (non-hydrogen) atoms. The van der Waals surface area contributed by atoms with Crippen molar-refractivity contribution in [3.05, 3.63) is 30.1 Å². The molecule has 184 valence electrons. The van der Waals surface area contributed by atoms with E-state index in [1.165, 1.54) is 22.1 Å². The van der Waals surface area contributed by atoms with Gasteiger partial charge in [0.2, 0.25) is 6.41 Å². The third kappa shape index (κ3) is 52.2. The maximum absolute atomic E-state index is 9.43. The van der Waals surface area contributed by atoms with Gasteiger partial charge in [0.25, 0.3) is 0 Å². The maximum Gasteiger partial charge on any atom is 2.00 e. The minimum absolute atomic E-state index is 0. The molecule has 0 fully saturated rings. The van der Waals surface area contributed by atoms with Gasteiger partial charge in [0.15, 0.2) is 0 Å². The molecule has 0 saturated carbocycles. The molecular weight excluding hydrogens is 567 g/mol. The number of carbonyl (C=O) groups is 1. The Morgan fingerprint density at radius 3 is 1.53 bits per heavy atom. The van der Waals surface area contributed by atoms with Crippen molar-refractivity contribution in [1.82, 2.24) is 14.8 Å². The van der Waals surface area contributed by atoms with Crippen molar-refractivity contribution in [3.8, 4) is 0 Å². The predicted molar refractivity (Wildman–Crippen MR) is 96.0 cm³/mol. The van der Waals surface area contributed by atoms with E-state index in [1.807, 2.05) is 35.8 Å². The Morgan fingerprint density at radius 1 is 0.906 bits per heavy atom. The number of aromatic nitrogens is 1. The van der Waals surface area contributed by atoms with Crippen molar-refractivity contribution < 1.29 is 82.0 Å². The Kier molecular flexibility index (Phi) is 29.9. The summed E-state index contributed by atoms with van der Waals surface area (Å²) in [6.07, 6.45) is 6.94. The van der Waals surface area contributed by atoms with Crippen molar-refractivity contribution in [2.24, 2.45) is 0 Å². The first-order valence-corrected chi connectivity index (χ1v) is 13.3. The molecule has 0 N–H and O–H groups in total. The van der Waals surface area contributed by atoms with Gasteiger partial charge in [-0.2, -0.15) is 23.5 Å². The number of carbonyl (C=O) groups excluding carboxylic acids is 1. The van der Waals surface area contributed by atoms with Crippen LogP contribution in [0.15, 0.2) is 24.4 Å². The normalized spacial score (nSPS) is 10.3. The van der Waals surface area contributed by atoms with Gasteiger partial charge in [0.1, 0.15) is 0 Å². The van der Waals surface area contributed by atoms with Crippen molar-refractivity contribution in [1.29, 1.82) is 0 Å². The van der Waals surface area contributed by atoms with Crippen LogP contribution >= 0.6 is 23.5 Å². The molecule has 0 unspecified atom stereocenters. The third-order valence-corrected chi connectivity index (χ3v) is 3.73. The van der Waals surface area contributed by atoms with E-state index in [9.17, 15) is 4.79 Å². The van der Waals surface area contributed by atoms with E-state index in [0.29, 0.717) is 0 Å². The summed E-state index contributed by atoms with van der Waals surface area (Å²) in [5, 5.41) is 0. The molecule has 1 aromatic rings. The molecule has 0 radical (unpaired) electrons. The first-order valence-electron chi connectivity index (χ1n) is 8.09. The average Bonchev–Trinajstić information content (AvgIpc) is 2.62. The second-order valence-corrected chi connectivity index (χ2v) is 8.89. The van der Waals surface area contributed by atoms with Crippen molar-refractivity contribution in [2.45, 2.75) is 6.54 Å². The zero-order valence-electron chi connectivity index (χ0n) is 18.2. The quantitative estimate of drug-likeness (QED) is 0.192. The first kappa shape index (κ1) is 39.4. The molecule has 0 aliphatic heterocycles. The molecule has 0 saturated heterocycles. The van der Waals surface area contributed by atoms with Crippen LogP contribution < -0.4 is 37.3 Å². The summed E-state index contributed by atoms with van der Waals surface area (Å²) in [7, 11) is -6.51. The monoisotopic (exact) mass is 591 g/mol. The van der Waals surface area contributed by atoms with Crippen LogP contribution in [0.3, 0.4) is 0 Å². The fourth-order valence-electron chi connectivity index (χ4n) is 1.43. The summed E-state index contributed by atoms with van der Waals surface area (Å²) in [6, 6.07) is 6.13. The van der Waals surface area contributed by atoms with E-state index in [2.05, 4.69) is 34.5 Å². The fraction of sp³-hybridized carbons (Fsp3) is 0.600. The van der Waals surface area contributed by atoms with E-state index in [-0.39, 0.29) is 19.5 Å². The zero-order chi connectivity index (χ0) is 24.9. The van der Waals surface area contributed by atoms with Gasteiger partial charge in [-0.05, 0) is 24.6 Å². The Labute approximate surface area is 213 Å². The molecular formula is C15H27Cl2N3O9S2Zn. The van der Waals surface area contributed by atoms with Crippen LogP contribution in [0.1, 0.15) is 5.69 Å². The van der Waals surface area contributed by atoms with Crippen molar-refractivity contribution in [2.75, 3.05) is 51.2 Å². The minimum atomic E-state index is -4.94. The summed E-state index contributed by atoms with van der Waals surface area (Å²) >= 11 is 3.81. The second-order valence-electron chi connectivity index (χ2n) is 5.41. The molecule has 0 aromatic carbocycles. The zero-order valence-corrected chi connectivity index (χ0v) is 24.3. The number of halogens is 2. The standard InChI is InChI=1S/C12H20N2S2.C3H7NO.2ClHO4.Zn/c1-15-9-7-14(8-10-16-2)11-12-5-3-4-6-13-12;1-4(2)3-5;2*2-1(3,4)5;/h3-6H,7-11H2,1-2H3;3H,1-2H3;2*(H,2,3,4,5);/q;;;;+2/p-2. The Hall–Kier alpha value is 0.163. The van der Waals surface area contributed by atoms with Crippen molar-refractivity contribution >= 4 is 29.9 Å². The largest absolute Gasteiger partial charge is 2.00 e. The molecule has 17 heteroatoms.